The summed E-state index contributed by atoms with van der Waals surface area (Å²) in [5.74, 6) is 0. The first-order chi connectivity index (χ1) is 9.26. The van der Waals surface area contributed by atoms with Gasteiger partial charge in [-0.2, -0.15) is 0 Å². The van der Waals surface area contributed by atoms with Crippen molar-refractivity contribution >= 4 is 22.6 Å². The molecule has 0 radical (unpaired) electrons. The quantitative estimate of drug-likeness (QED) is 0.842. The SMILES string of the molecule is Cc1csc(N(C)C2CCN(C(=O)OC(C)(C)C)C2)n1. The van der Waals surface area contributed by atoms with Crippen LogP contribution >= 0.6 is 11.3 Å². The highest BCUT2D eigenvalue weighted by Crippen LogP contribution is 2.25. The Kier molecular flexibility index (Phi) is 4.22. The molecule has 1 fully saturated rings. The van der Waals surface area contributed by atoms with Gasteiger partial charge < -0.3 is 14.5 Å². The fourth-order valence-electron chi connectivity index (χ4n) is 2.21. The van der Waals surface area contributed by atoms with Gasteiger partial charge in [-0.1, -0.05) is 0 Å². The van der Waals surface area contributed by atoms with Crippen LogP contribution in [0.3, 0.4) is 0 Å². The maximum absolute atomic E-state index is 12.0. The molecule has 1 amide bonds. The molecule has 1 aromatic rings. The maximum Gasteiger partial charge on any atom is 0.410 e. The zero-order chi connectivity index (χ0) is 14.9. The summed E-state index contributed by atoms with van der Waals surface area (Å²) < 4.78 is 5.41. The summed E-state index contributed by atoms with van der Waals surface area (Å²) in [6, 6.07) is 0.313. The van der Waals surface area contributed by atoms with Gasteiger partial charge >= 0.3 is 6.09 Å². The van der Waals surface area contributed by atoms with Crippen molar-refractivity contribution < 1.29 is 9.53 Å². The second-order valence-electron chi connectivity index (χ2n) is 6.25. The minimum absolute atomic E-state index is 0.219. The van der Waals surface area contributed by atoms with Gasteiger partial charge in [0.1, 0.15) is 5.60 Å². The lowest BCUT2D eigenvalue weighted by molar-refractivity contribution is 0.0292. The van der Waals surface area contributed by atoms with Crippen LogP contribution in [0.2, 0.25) is 0 Å². The number of amides is 1. The summed E-state index contributed by atoms with van der Waals surface area (Å²) >= 11 is 1.64. The first-order valence-corrected chi connectivity index (χ1v) is 7.77. The number of hydrogen-bond acceptors (Lipinski definition) is 5. The molecule has 0 bridgehead atoms. The molecule has 112 valence electrons. The van der Waals surface area contributed by atoms with Crippen LogP contribution in [0.4, 0.5) is 9.93 Å². The van der Waals surface area contributed by atoms with Gasteiger partial charge in [0.15, 0.2) is 5.13 Å². The number of carbonyl (C=O) groups excluding carboxylic acids is 1. The van der Waals surface area contributed by atoms with Gasteiger partial charge in [-0.15, -0.1) is 11.3 Å². The standard InChI is InChI=1S/C14H23N3O2S/c1-10-9-20-12(15-10)16(5)11-6-7-17(8-11)13(18)19-14(2,3)4/h9,11H,6-8H2,1-5H3. The van der Waals surface area contributed by atoms with Crippen LogP contribution in [0.5, 0.6) is 0 Å². The van der Waals surface area contributed by atoms with E-state index in [1.165, 1.54) is 0 Å². The highest BCUT2D eigenvalue weighted by Gasteiger charge is 2.32. The number of nitrogens with zero attached hydrogens (tertiary/aromatic N) is 3. The number of aryl methyl sites for hydroxylation is 1. The van der Waals surface area contributed by atoms with E-state index in [1.54, 1.807) is 16.2 Å². The molecule has 5 nitrogen and oxygen atoms in total. The lowest BCUT2D eigenvalue weighted by Gasteiger charge is -2.26. The molecule has 0 aromatic carbocycles. The zero-order valence-corrected chi connectivity index (χ0v) is 13.7. The van der Waals surface area contributed by atoms with Crippen molar-refractivity contribution in [2.24, 2.45) is 0 Å². The van der Waals surface area contributed by atoms with Crippen LogP contribution in [-0.2, 0) is 4.74 Å². The molecular weight excluding hydrogens is 274 g/mol. The van der Waals surface area contributed by atoms with E-state index in [4.69, 9.17) is 4.74 Å². The van der Waals surface area contributed by atoms with Crippen molar-refractivity contribution in [1.82, 2.24) is 9.88 Å². The number of ether oxygens (including phenoxy) is 1. The number of likely N-dealkylation sites (tertiary alicyclic amines) is 1. The summed E-state index contributed by atoms with van der Waals surface area (Å²) in [5, 5.41) is 3.06. The summed E-state index contributed by atoms with van der Waals surface area (Å²) in [4.78, 5) is 20.5. The Morgan fingerprint density at radius 1 is 1.55 bits per heavy atom. The number of anilines is 1. The van der Waals surface area contributed by atoms with E-state index >= 15 is 0 Å². The topological polar surface area (TPSA) is 45.7 Å². The number of likely N-dealkylation sites (N-methyl/N-ethyl adjacent to an activating group) is 1. The van der Waals surface area contributed by atoms with Gasteiger partial charge in [-0.25, -0.2) is 9.78 Å². The molecule has 2 heterocycles. The molecular formula is C14H23N3O2S. The molecule has 0 spiro atoms. The van der Waals surface area contributed by atoms with Crippen molar-refractivity contribution in [2.45, 2.75) is 45.8 Å². The van der Waals surface area contributed by atoms with Gasteiger partial charge in [-0.3, -0.25) is 0 Å². The van der Waals surface area contributed by atoms with E-state index < -0.39 is 5.60 Å². The second kappa shape index (κ2) is 5.60. The molecule has 0 saturated carbocycles. The van der Waals surface area contributed by atoms with E-state index in [-0.39, 0.29) is 6.09 Å². The molecule has 6 heteroatoms. The molecule has 1 atom stereocenters. The predicted octanol–water partition coefficient (Wildman–Crippen LogP) is 2.90. The van der Waals surface area contributed by atoms with Crippen molar-refractivity contribution in [2.75, 3.05) is 25.0 Å². The third kappa shape index (κ3) is 3.62. The first-order valence-electron chi connectivity index (χ1n) is 6.89. The Bertz CT molecular complexity index is 481. The molecule has 1 aromatic heterocycles. The first kappa shape index (κ1) is 15.1. The van der Waals surface area contributed by atoms with Gasteiger partial charge in [0.25, 0.3) is 0 Å². The number of thiazole rings is 1. The zero-order valence-electron chi connectivity index (χ0n) is 12.8. The lowest BCUT2D eigenvalue weighted by atomic mass is 10.2. The molecule has 0 N–H and O–H groups in total. The lowest BCUT2D eigenvalue weighted by Crippen LogP contribution is -2.39. The third-order valence-electron chi connectivity index (χ3n) is 3.27. The summed E-state index contributed by atoms with van der Waals surface area (Å²) in [6.45, 7) is 9.11. The number of carbonyl (C=O) groups is 1. The molecule has 0 aliphatic carbocycles. The van der Waals surface area contributed by atoms with Crippen LogP contribution in [0.15, 0.2) is 5.38 Å². The molecule has 2 rings (SSSR count). The highest BCUT2D eigenvalue weighted by atomic mass is 32.1. The Balaban J connectivity index is 1.93. The van der Waals surface area contributed by atoms with E-state index in [0.29, 0.717) is 12.6 Å². The third-order valence-corrected chi connectivity index (χ3v) is 4.32. The number of aromatic nitrogens is 1. The maximum atomic E-state index is 12.0. The Morgan fingerprint density at radius 3 is 2.80 bits per heavy atom. The van der Waals surface area contributed by atoms with Crippen LogP contribution < -0.4 is 4.90 Å². The van der Waals surface area contributed by atoms with Crippen molar-refractivity contribution in [3.05, 3.63) is 11.1 Å². The van der Waals surface area contributed by atoms with Gasteiger partial charge in [0.05, 0.1) is 11.7 Å². The second-order valence-corrected chi connectivity index (χ2v) is 7.09. The monoisotopic (exact) mass is 297 g/mol. The summed E-state index contributed by atoms with van der Waals surface area (Å²) in [7, 11) is 2.04. The van der Waals surface area contributed by atoms with Crippen molar-refractivity contribution in [1.29, 1.82) is 0 Å². The smallest absolute Gasteiger partial charge is 0.410 e. The molecule has 1 aliphatic rings. The minimum Gasteiger partial charge on any atom is -0.444 e. The van der Waals surface area contributed by atoms with E-state index in [1.807, 2.05) is 40.1 Å². The van der Waals surface area contributed by atoms with Gasteiger partial charge in [0.2, 0.25) is 0 Å². The van der Waals surface area contributed by atoms with Gasteiger partial charge in [0, 0.05) is 25.5 Å². The number of hydrogen-bond donors (Lipinski definition) is 0. The average Bonchev–Trinajstić information content (AvgIpc) is 2.94. The largest absolute Gasteiger partial charge is 0.444 e. The molecule has 1 saturated heterocycles. The van der Waals surface area contributed by atoms with E-state index in [9.17, 15) is 4.79 Å². The summed E-state index contributed by atoms with van der Waals surface area (Å²) in [6.07, 6.45) is 0.734. The Labute approximate surface area is 124 Å². The predicted molar refractivity (Wildman–Crippen MR) is 81.5 cm³/mol. The van der Waals surface area contributed by atoms with Crippen LogP contribution in [0, 0.1) is 6.92 Å². The number of rotatable bonds is 2. The van der Waals surface area contributed by atoms with Crippen LogP contribution in [-0.4, -0.2) is 47.8 Å². The molecule has 1 unspecified atom stereocenters. The van der Waals surface area contributed by atoms with Crippen molar-refractivity contribution in [3.63, 3.8) is 0 Å². The highest BCUT2D eigenvalue weighted by molar-refractivity contribution is 7.13. The fourth-order valence-corrected chi connectivity index (χ4v) is 3.05. The van der Waals surface area contributed by atoms with Gasteiger partial charge in [-0.05, 0) is 34.1 Å². The average molecular weight is 297 g/mol. The van der Waals surface area contributed by atoms with Crippen LogP contribution in [0.1, 0.15) is 32.9 Å². The van der Waals surface area contributed by atoms with Crippen molar-refractivity contribution in [3.8, 4) is 0 Å². The Hall–Kier alpha value is -1.30. The van der Waals surface area contributed by atoms with Crippen LogP contribution in [0.25, 0.3) is 0 Å². The Morgan fingerprint density at radius 2 is 2.25 bits per heavy atom. The normalized spacial score (nSPS) is 19.2. The van der Waals surface area contributed by atoms with E-state index in [0.717, 1.165) is 23.8 Å². The molecule has 1 aliphatic heterocycles. The van der Waals surface area contributed by atoms with E-state index in [2.05, 4.69) is 9.88 Å². The fraction of sp³-hybridized carbons (Fsp3) is 0.714. The molecule has 20 heavy (non-hydrogen) atoms. The minimum atomic E-state index is -0.437. The summed E-state index contributed by atoms with van der Waals surface area (Å²) in [5.41, 5.74) is 0.604.